The summed E-state index contributed by atoms with van der Waals surface area (Å²) in [6.07, 6.45) is 8.85. The molecule has 0 saturated carbocycles. The molecular weight excluding hydrogens is 474 g/mol. The van der Waals surface area contributed by atoms with Gasteiger partial charge in [-0.25, -0.2) is 0 Å². The highest BCUT2D eigenvalue weighted by molar-refractivity contribution is 8.01. The molecule has 3 atom stereocenters. The first kappa shape index (κ1) is 29.0. The monoisotopic (exact) mass is 517 g/mol. The fourth-order valence-corrected chi connectivity index (χ4v) is 6.23. The molecule has 0 bridgehead atoms. The van der Waals surface area contributed by atoms with Gasteiger partial charge in [-0.15, -0.1) is 17.7 Å². The van der Waals surface area contributed by atoms with Crippen LogP contribution in [-0.2, 0) is 19.0 Å². The van der Waals surface area contributed by atoms with Crippen molar-refractivity contribution in [3.8, 4) is 11.8 Å². The van der Waals surface area contributed by atoms with Crippen molar-refractivity contribution in [2.24, 2.45) is 0 Å². The third kappa shape index (κ3) is 9.72. The molecule has 0 radical (unpaired) electrons. The minimum atomic E-state index is -0.828. The molecule has 1 aromatic rings. The average Bonchev–Trinajstić information content (AvgIpc) is 2.89. The number of unbranched alkanes of at least 4 members (excludes halogenated alkanes) is 3. The third-order valence-corrected chi connectivity index (χ3v) is 8.14. The average molecular weight is 518 g/mol. The maximum atomic E-state index is 13.7. The second-order valence-electron chi connectivity index (χ2n) is 9.67. The van der Waals surface area contributed by atoms with E-state index in [1.54, 1.807) is 18.9 Å². The lowest BCUT2D eigenvalue weighted by Gasteiger charge is -2.42. The van der Waals surface area contributed by atoms with Crippen molar-refractivity contribution in [2.45, 2.75) is 92.7 Å². The zero-order chi connectivity index (χ0) is 25.5. The van der Waals surface area contributed by atoms with Crippen LogP contribution in [0.15, 0.2) is 35.2 Å². The maximum Gasteiger partial charge on any atom is 0.239 e. The predicted octanol–water partition coefficient (Wildman–Crippen LogP) is 5.03. The summed E-state index contributed by atoms with van der Waals surface area (Å²) in [6, 6.07) is 10.0. The summed E-state index contributed by atoms with van der Waals surface area (Å²) in [5.74, 6) is 6.28. The number of carbonyl (C=O) groups excluding carboxylic acids is 1. The summed E-state index contributed by atoms with van der Waals surface area (Å²) in [5.41, 5.74) is 0. The Balaban J connectivity index is 1.52. The SMILES string of the molecule is COCCCCN1CCCC(CC(O)C#CCCCCOC2CCCCO2)(Sc2ccccc2)C1=O. The van der Waals surface area contributed by atoms with Crippen LogP contribution >= 0.6 is 11.8 Å². The summed E-state index contributed by atoms with van der Waals surface area (Å²) in [5, 5.41) is 10.9. The number of methoxy groups -OCH3 is 1. The van der Waals surface area contributed by atoms with Crippen LogP contribution in [0.25, 0.3) is 0 Å². The number of thioether (sulfide) groups is 1. The van der Waals surface area contributed by atoms with Crippen LogP contribution in [-0.4, -0.2) is 73.1 Å². The van der Waals surface area contributed by atoms with E-state index in [1.165, 1.54) is 6.42 Å². The fraction of sp³-hybridized carbons (Fsp3) is 0.690. The highest BCUT2D eigenvalue weighted by atomic mass is 32.2. The molecule has 2 heterocycles. The molecule has 1 aromatic carbocycles. The Kier molecular flexibility index (Phi) is 13.1. The van der Waals surface area contributed by atoms with Crippen molar-refractivity contribution in [1.82, 2.24) is 4.90 Å². The number of aliphatic hydroxyl groups is 1. The normalized spacial score (nSPS) is 23.2. The van der Waals surface area contributed by atoms with E-state index in [4.69, 9.17) is 14.2 Å². The van der Waals surface area contributed by atoms with Gasteiger partial charge in [-0.05, 0) is 69.9 Å². The molecule has 0 aromatic heterocycles. The molecule has 1 N–H and O–H groups in total. The quantitative estimate of drug-likeness (QED) is 0.276. The molecule has 3 rings (SSSR count). The molecule has 0 aliphatic carbocycles. The standard InChI is InChI=1S/C29H43NO5S/c1-33-21-12-9-19-30-20-13-18-29(28(30)32,36-26-15-6-4-7-16-26)24-25(31)14-5-2-3-10-22-34-27-17-8-11-23-35-27/h4,6-7,15-16,25,27,31H,2-3,8-13,17-24H2,1H3. The number of hydrogen-bond acceptors (Lipinski definition) is 6. The lowest BCUT2D eigenvalue weighted by atomic mass is 9.90. The topological polar surface area (TPSA) is 68.2 Å². The zero-order valence-corrected chi connectivity index (χ0v) is 22.6. The molecule has 200 valence electrons. The van der Waals surface area contributed by atoms with Crippen LogP contribution in [0.1, 0.15) is 70.6 Å². The summed E-state index contributed by atoms with van der Waals surface area (Å²) in [7, 11) is 1.70. The molecule has 6 nitrogen and oxygen atoms in total. The number of carbonyl (C=O) groups is 1. The highest BCUT2D eigenvalue weighted by Crippen LogP contribution is 2.44. The smallest absolute Gasteiger partial charge is 0.239 e. The molecule has 3 unspecified atom stereocenters. The maximum absolute atomic E-state index is 13.7. The van der Waals surface area contributed by atoms with Gasteiger partial charge in [0, 0.05) is 57.8 Å². The van der Waals surface area contributed by atoms with E-state index in [2.05, 4.69) is 11.8 Å². The minimum Gasteiger partial charge on any atom is -0.385 e. The van der Waals surface area contributed by atoms with E-state index in [0.29, 0.717) is 26.1 Å². The van der Waals surface area contributed by atoms with Crippen molar-refractivity contribution in [2.75, 3.05) is 40.0 Å². The number of ether oxygens (including phenoxy) is 3. The number of likely N-dealkylation sites (tertiary alicyclic amines) is 1. The fourth-order valence-electron chi connectivity index (χ4n) is 4.78. The van der Waals surface area contributed by atoms with E-state index in [9.17, 15) is 9.90 Å². The van der Waals surface area contributed by atoms with E-state index < -0.39 is 10.9 Å². The van der Waals surface area contributed by atoms with Crippen LogP contribution in [0.3, 0.4) is 0 Å². The summed E-state index contributed by atoms with van der Waals surface area (Å²) in [6.45, 7) is 3.70. The van der Waals surface area contributed by atoms with E-state index >= 15 is 0 Å². The van der Waals surface area contributed by atoms with Crippen molar-refractivity contribution in [1.29, 1.82) is 0 Å². The number of amides is 1. The van der Waals surface area contributed by atoms with Gasteiger partial charge in [-0.3, -0.25) is 4.79 Å². The van der Waals surface area contributed by atoms with Gasteiger partial charge >= 0.3 is 0 Å². The number of benzene rings is 1. The first-order valence-corrected chi connectivity index (χ1v) is 14.4. The van der Waals surface area contributed by atoms with Gasteiger partial charge in [0.15, 0.2) is 6.29 Å². The molecule has 7 heteroatoms. The summed E-state index contributed by atoms with van der Waals surface area (Å²) < 4.78 is 15.8. The predicted molar refractivity (Wildman–Crippen MR) is 144 cm³/mol. The second kappa shape index (κ2) is 16.3. The van der Waals surface area contributed by atoms with Crippen LogP contribution in [0.2, 0.25) is 0 Å². The number of hydrogen-bond donors (Lipinski definition) is 1. The molecule has 2 aliphatic rings. The lowest BCUT2D eigenvalue weighted by molar-refractivity contribution is -0.162. The van der Waals surface area contributed by atoms with Crippen LogP contribution < -0.4 is 0 Å². The third-order valence-electron chi connectivity index (χ3n) is 6.70. The molecule has 1 amide bonds. The Morgan fingerprint density at radius 3 is 2.78 bits per heavy atom. The van der Waals surface area contributed by atoms with E-state index in [1.807, 2.05) is 35.2 Å². The Morgan fingerprint density at radius 1 is 1.17 bits per heavy atom. The van der Waals surface area contributed by atoms with Crippen molar-refractivity contribution >= 4 is 17.7 Å². The summed E-state index contributed by atoms with van der Waals surface area (Å²) in [4.78, 5) is 16.7. The Labute approximate surface area is 221 Å². The van der Waals surface area contributed by atoms with Gasteiger partial charge in [0.2, 0.25) is 5.91 Å². The first-order valence-electron chi connectivity index (χ1n) is 13.5. The van der Waals surface area contributed by atoms with Crippen molar-refractivity contribution in [3.05, 3.63) is 30.3 Å². The number of rotatable bonds is 14. The first-order chi connectivity index (χ1) is 17.6. The van der Waals surface area contributed by atoms with Crippen molar-refractivity contribution in [3.63, 3.8) is 0 Å². The second-order valence-corrected chi connectivity index (χ2v) is 11.1. The van der Waals surface area contributed by atoms with Gasteiger partial charge in [0.25, 0.3) is 0 Å². The molecule has 2 aliphatic heterocycles. The largest absolute Gasteiger partial charge is 0.385 e. The van der Waals surface area contributed by atoms with Gasteiger partial charge in [0.05, 0.1) is 0 Å². The molecule has 36 heavy (non-hydrogen) atoms. The van der Waals surface area contributed by atoms with Gasteiger partial charge in [0.1, 0.15) is 10.9 Å². The van der Waals surface area contributed by atoms with Crippen LogP contribution in [0.5, 0.6) is 0 Å². The van der Waals surface area contributed by atoms with Crippen molar-refractivity contribution < 1.29 is 24.1 Å². The van der Waals surface area contributed by atoms with Crippen LogP contribution in [0.4, 0.5) is 0 Å². The lowest BCUT2D eigenvalue weighted by Crippen LogP contribution is -2.53. The number of piperidine rings is 1. The van der Waals surface area contributed by atoms with Gasteiger partial charge in [-0.1, -0.05) is 24.1 Å². The molecule has 0 spiro atoms. The highest BCUT2D eigenvalue weighted by Gasteiger charge is 2.45. The Bertz CT molecular complexity index is 820. The zero-order valence-electron chi connectivity index (χ0n) is 21.8. The molecular formula is C29H43NO5S. The Hall–Kier alpha value is -1.56. The van der Waals surface area contributed by atoms with Gasteiger partial charge < -0.3 is 24.2 Å². The van der Waals surface area contributed by atoms with E-state index in [-0.39, 0.29) is 12.2 Å². The molecule has 2 fully saturated rings. The minimum absolute atomic E-state index is 0.0439. The number of nitrogens with zero attached hydrogens (tertiary/aromatic N) is 1. The molecule has 2 saturated heterocycles. The van der Waals surface area contributed by atoms with E-state index in [0.717, 1.165) is 76.0 Å². The van der Waals surface area contributed by atoms with Crippen LogP contribution in [0, 0.1) is 11.8 Å². The number of aliphatic hydroxyl groups excluding tert-OH is 1. The summed E-state index contributed by atoms with van der Waals surface area (Å²) >= 11 is 1.59. The van der Waals surface area contributed by atoms with Gasteiger partial charge in [-0.2, -0.15) is 0 Å². The Morgan fingerprint density at radius 2 is 2.00 bits per heavy atom.